The molecule has 5 heteroatoms. The first-order valence-corrected chi connectivity index (χ1v) is 4.87. The predicted octanol–water partition coefficient (Wildman–Crippen LogP) is -2.85. The summed E-state index contributed by atoms with van der Waals surface area (Å²) in [7, 11) is 0. The molecular weight excluding hydrogens is 320 g/mol. The Morgan fingerprint density at radius 1 is 1.00 bits per heavy atom. The van der Waals surface area contributed by atoms with Crippen LogP contribution in [0.2, 0.25) is 0 Å². The largest absolute Gasteiger partial charge is 2.00 e. The van der Waals surface area contributed by atoms with Crippen LogP contribution in [-0.2, 0) is 19.5 Å². The van der Waals surface area contributed by atoms with E-state index in [4.69, 9.17) is 0 Å². The maximum atomic E-state index is 4.39. The van der Waals surface area contributed by atoms with Gasteiger partial charge in [0, 0.05) is 6.20 Å². The molecule has 1 heterocycles. The molecular formula is C13H12Cl2N2Zn. The van der Waals surface area contributed by atoms with Crippen LogP contribution < -0.4 is 24.8 Å². The average Bonchev–Trinajstić information content (AvgIpc) is 2.29. The average molecular weight is 333 g/mol. The van der Waals surface area contributed by atoms with Crippen molar-refractivity contribution in [3.05, 3.63) is 59.9 Å². The maximum absolute atomic E-state index is 4.39. The number of rotatable bonds is 2. The van der Waals surface area contributed by atoms with E-state index in [0.29, 0.717) is 0 Å². The number of aryl methyl sites for hydroxylation is 1. The third kappa shape index (κ3) is 5.72. The van der Waals surface area contributed by atoms with E-state index in [1.54, 1.807) is 12.4 Å². The van der Waals surface area contributed by atoms with Gasteiger partial charge in [-0.05, 0) is 30.7 Å². The van der Waals surface area contributed by atoms with Gasteiger partial charge in [-0.1, -0.05) is 24.3 Å². The van der Waals surface area contributed by atoms with Gasteiger partial charge < -0.3 is 24.8 Å². The van der Waals surface area contributed by atoms with Crippen LogP contribution in [-0.4, -0.2) is 11.2 Å². The van der Waals surface area contributed by atoms with E-state index in [0.717, 1.165) is 11.4 Å². The molecule has 1 aromatic heterocycles. The van der Waals surface area contributed by atoms with Crippen molar-refractivity contribution in [2.45, 2.75) is 6.92 Å². The molecule has 0 aliphatic carbocycles. The summed E-state index contributed by atoms with van der Waals surface area (Å²) in [5.41, 5.74) is 3.04. The maximum Gasteiger partial charge on any atom is 2.00 e. The quantitative estimate of drug-likeness (QED) is 0.429. The first-order valence-electron chi connectivity index (χ1n) is 4.87. The zero-order valence-corrected chi connectivity index (χ0v) is 14.5. The number of aromatic nitrogens is 1. The van der Waals surface area contributed by atoms with Gasteiger partial charge in [0.2, 0.25) is 0 Å². The fraction of sp³-hybridized carbons (Fsp3) is 0.0769. The van der Waals surface area contributed by atoms with E-state index in [1.165, 1.54) is 5.56 Å². The molecule has 0 saturated heterocycles. The number of aliphatic imine (C=N–C) groups is 1. The third-order valence-electron chi connectivity index (χ3n) is 2.14. The zero-order chi connectivity index (χ0) is 10.5. The van der Waals surface area contributed by atoms with Crippen molar-refractivity contribution < 1.29 is 44.3 Å². The molecule has 1 aromatic carbocycles. The summed E-state index contributed by atoms with van der Waals surface area (Å²) in [4.78, 5) is 8.56. The second-order valence-electron chi connectivity index (χ2n) is 3.30. The van der Waals surface area contributed by atoms with Crippen LogP contribution in [0.4, 0.5) is 5.69 Å². The van der Waals surface area contributed by atoms with Gasteiger partial charge in [-0.15, -0.1) is 0 Å². The Morgan fingerprint density at radius 2 is 1.67 bits per heavy atom. The Labute approximate surface area is 133 Å². The summed E-state index contributed by atoms with van der Waals surface area (Å²) in [6.45, 7) is 2.05. The number of hydrogen-bond donors (Lipinski definition) is 0. The van der Waals surface area contributed by atoms with Crippen LogP contribution >= 0.6 is 0 Å². The van der Waals surface area contributed by atoms with Gasteiger partial charge in [-0.2, -0.15) is 0 Å². The van der Waals surface area contributed by atoms with Gasteiger partial charge in [-0.3, -0.25) is 9.98 Å². The number of para-hydroxylation sites is 1. The SMILES string of the molecule is Cc1ccccc1N=Cc1ccccn1.[Cl-].[Cl-].[Zn+2]. The Hall–Kier alpha value is -0.757. The molecule has 0 unspecified atom stereocenters. The van der Waals surface area contributed by atoms with Crippen molar-refractivity contribution in [3.63, 3.8) is 0 Å². The molecule has 0 saturated carbocycles. The topological polar surface area (TPSA) is 25.2 Å². The minimum atomic E-state index is 0. The van der Waals surface area contributed by atoms with Crippen molar-refractivity contribution in [2.24, 2.45) is 4.99 Å². The predicted molar refractivity (Wildman–Crippen MR) is 62.7 cm³/mol. The summed E-state index contributed by atoms with van der Waals surface area (Å²) < 4.78 is 0. The monoisotopic (exact) mass is 330 g/mol. The molecule has 2 aromatic rings. The van der Waals surface area contributed by atoms with Crippen LogP contribution in [0.3, 0.4) is 0 Å². The minimum Gasteiger partial charge on any atom is -1.00 e. The Morgan fingerprint density at radius 3 is 2.28 bits per heavy atom. The summed E-state index contributed by atoms with van der Waals surface area (Å²) in [6, 6.07) is 13.8. The molecule has 18 heavy (non-hydrogen) atoms. The summed E-state index contributed by atoms with van der Waals surface area (Å²) in [6.07, 6.45) is 3.54. The van der Waals surface area contributed by atoms with Crippen LogP contribution in [0, 0.1) is 6.92 Å². The molecule has 0 spiro atoms. The van der Waals surface area contributed by atoms with E-state index >= 15 is 0 Å². The second kappa shape index (κ2) is 10.2. The van der Waals surface area contributed by atoms with E-state index in [-0.39, 0.29) is 44.3 Å². The van der Waals surface area contributed by atoms with Gasteiger partial charge in [0.05, 0.1) is 17.6 Å². The number of pyridine rings is 1. The molecule has 0 atom stereocenters. The van der Waals surface area contributed by atoms with E-state index in [9.17, 15) is 0 Å². The zero-order valence-electron chi connectivity index (χ0n) is 10.1. The van der Waals surface area contributed by atoms with Crippen molar-refractivity contribution in [1.29, 1.82) is 0 Å². The third-order valence-corrected chi connectivity index (χ3v) is 2.14. The van der Waals surface area contributed by atoms with Gasteiger partial charge >= 0.3 is 19.5 Å². The van der Waals surface area contributed by atoms with Gasteiger partial charge in [-0.25, -0.2) is 0 Å². The number of benzene rings is 1. The number of nitrogens with zero attached hydrogens (tertiary/aromatic N) is 2. The van der Waals surface area contributed by atoms with E-state index in [2.05, 4.69) is 9.98 Å². The summed E-state index contributed by atoms with van der Waals surface area (Å²) in [5.74, 6) is 0. The molecule has 2 rings (SSSR count). The fourth-order valence-corrected chi connectivity index (χ4v) is 1.30. The van der Waals surface area contributed by atoms with Crippen molar-refractivity contribution >= 4 is 11.9 Å². The molecule has 0 bridgehead atoms. The molecule has 0 fully saturated rings. The van der Waals surface area contributed by atoms with Crippen LogP contribution in [0.25, 0.3) is 0 Å². The first-order chi connectivity index (χ1) is 7.36. The summed E-state index contributed by atoms with van der Waals surface area (Å²) >= 11 is 0. The van der Waals surface area contributed by atoms with E-state index in [1.807, 2.05) is 49.4 Å². The smallest absolute Gasteiger partial charge is 1.00 e. The molecule has 0 aliphatic rings. The molecule has 0 N–H and O–H groups in total. The first kappa shape index (κ1) is 19.6. The molecule has 0 aliphatic heterocycles. The van der Waals surface area contributed by atoms with Gasteiger partial charge in [0.25, 0.3) is 0 Å². The molecule has 0 amide bonds. The van der Waals surface area contributed by atoms with Crippen LogP contribution in [0.5, 0.6) is 0 Å². The normalized spacial score (nSPS) is 8.94. The Kier molecular flexibility index (Phi) is 11.1. The Bertz CT molecular complexity index is 475. The Balaban J connectivity index is 0. The van der Waals surface area contributed by atoms with Crippen molar-refractivity contribution in [1.82, 2.24) is 4.98 Å². The van der Waals surface area contributed by atoms with Gasteiger partial charge in [0.15, 0.2) is 0 Å². The van der Waals surface area contributed by atoms with E-state index < -0.39 is 0 Å². The minimum absolute atomic E-state index is 0. The van der Waals surface area contributed by atoms with Crippen molar-refractivity contribution in [2.75, 3.05) is 0 Å². The second-order valence-corrected chi connectivity index (χ2v) is 3.30. The van der Waals surface area contributed by atoms with Crippen LogP contribution in [0.15, 0.2) is 53.7 Å². The molecule has 90 valence electrons. The fourth-order valence-electron chi connectivity index (χ4n) is 1.30. The van der Waals surface area contributed by atoms with Crippen molar-refractivity contribution in [3.8, 4) is 0 Å². The van der Waals surface area contributed by atoms with Gasteiger partial charge in [0.1, 0.15) is 0 Å². The molecule has 0 radical (unpaired) electrons. The standard InChI is InChI=1S/C13H12N2.2ClH.Zn/c1-11-6-2-3-8-13(11)15-10-12-7-4-5-9-14-12;;;/h2-10H,1H3;2*1H;/q;;;+2/p-2. The number of hydrogen-bond acceptors (Lipinski definition) is 2. The summed E-state index contributed by atoms with van der Waals surface area (Å²) in [5, 5.41) is 0. The number of halogens is 2. The molecule has 2 nitrogen and oxygen atoms in total. The van der Waals surface area contributed by atoms with Crippen LogP contribution in [0.1, 0.15) is 11.3 Å².